The predicted octanol–water partition coefficient (Wildman–Crippen LogP) is 4.49. The summed E-state index contributed by atoms with van der Waals surface area (Å²) < 4.78 is 1.88. The Morgan fingerprint density at radius 3 is 2.71 bits per heavy atom. The van der Waals surface area contributed by atoms with Crippen LogP contribution in [0.25, 0.3) is 0 Å². The van der Waals surface area contributed by atoms with Gasteiger partial charge in [0.15, 0.2) is 0 Å². The average molecular weight is 413 g/mol. The van der Waals surface area contributed by atoms with E-state index >= 15 is 0 Å². The highest BCUT2D eigenvalue weighted by molar-refractivity contribution is 9.11. The quantitative estimate of drug-likeness (QED) is 0.777. The lowest BCUT2D eigenvalue weighted by atomic mass is 10.1. The molecule has 4 nitrogen and oxygen atoms in total. The number of hydrogen-bond donors (Lipinski definition) is 2. The minimum absolute atomic E-state index is 0.0814. The zero-order valence-corrected chi connectivity index (χ0v) is 14.9. The maximum Gasteiger partial charge on any atom is 0.221 e. The van der Waals surface area contributed by atoms with Crippen LogP contribution in [0.4, 0.5) is 11.4 Å². The van der Waals surface area contributed by atoms with E-state index in [1.165, 1.54) is 6.92 Å². The number of amides is 1. The zero-order valence-electron chi connectivity index (χ0n) is 11.7. The summed E-state index contributed by atoms with van der Waals surface area (Å²) in [5.74, 6) is -0.0814. The Hall–Kier alpha value is -1.40. The molecule has 1 aromatic heterocycles. The molecular weight excluding hydrogens is 398 g/mol. The van der Waals surface area contributed by atoms with Gasteiger partial charge in [0.1, 0.15) is 0 Å². The summed E-state index contributed by atoms with van der Waals surface area (Å²) in [4.78, 5) is 15.5. The molecule has 0 spiro atoms. The van der Waals surface area contributed by atoms with E-state index in [-0.39, 0.29) is 5.91 Å². The van der Waals surface area contributed by atoms with Gasteiger partial charge < -0.3 is 10.6 Å². The predicted molar refractivity (Wildman–Crippen MR) is 92.4 cm³/mol. The molecule has 0 saturated carbocycles. The van der Waals surface area contributed by atoms with Crippen molar-refractivity contribution in [2.75, 3.05) is 10.6 Å². The molecule has 2 N–H and O–H groups in total. The third-order valence-corrected chi connectivity index (χ3v) is 4.01. The van der Waals surface area contributed by atoms with Crippen LogP contribution >= 0.6 is 31.9 Å². The molecule has 0 fully saturated rings. The molecule has 1 heterocycles. The maximum atomic E-state index is 11.1. The number of aryl methyl sites for hydroxylation is 1. The van der Waals surface area contributed by atoms with Crippen molar-refractivity contribution in [3.8, 4) is 0 Å². The van der Waals surface area contributed by atoms with E-state index in [1.807, 2.05) is 31.2 Å². The highest BCUT2D eigenvalue weighted by Gasteiger charge is 2.05. The molecule has 0 bridgehead atoms. The van der Waals surface area contributed by atoms with Gasteiger partial charge in [-0.3, -0.25) is 9.78 Å². The second-order valence-corrected chi connectivity index (χ2v) is 6.42. The summed E-state index contributed by atoms with van der Waals surface area (Å²) >= 11 is 6.88. The monoisotopic (exact) mass is 411 g/mol. The minimum atomic E-state index is -0.0814. The Balaban J connectivity index is 2.13. The number of pyridine rings is 1. The van der Waals surface area contributed by atoms with Crippen molar-refractivity contribution in [2.45, 2.75) is 20.4 Å². The third kappa shape index (κ3) is 4.54. The first kappa shape index (κ1) is 16.0. The van der Waals surface area contributed by atoms with Crippen molar-refractivity contribution in [2.24, 2.45) is 0 Å². The number of nitrogens with one attached hydrogen (secondary N) is 2. The Labute approximate surface area is 140 Å². The first-order valence-electron chi connectivity index (χ1n) is 6.38. The molecule has 110 valence electrons. The van der Waals surface area contributed by atoms with Crippen LogP contribution in [-0.2, 0) is 11.3 Å². The number of hydrogen-bond acceptors (Lipinski definition) is 3. The second kappa shape index (κ2) is 7.04. The smallest absolute Gasteiger partial charge is 0.221 e. The number of carbonyl (C=O) groups is 1. The summed E-state index contributed by atoms with van der Waals surface area (Å²) in [5.41, 5.74) is 3.77. The van der Waals surface area contributed by atoms with Crippen LogP contribution in [0.1, 0.15) is 18.2 Å². The van der Waals surface area contributed by atoms with Crippen LogP contribution in [0.15, 0.2) is 39.4 Å². The Bertz CT molecular complexity index is 674. The van der Waals surface area contributed by atoms with Gasteiger partial charge in [0.2, 0.25) is 5.91 Å². The largest absolute Gasteiger partial charge is 0.379 e. The maximum absolute atomic E-state index is 11.1. The summed E-state index contributed by atoms with van der Waals surface area (Å²) in [6, 6.07) is 7.74. The summed E-state index contributed by atoms with van der Waals surface area (Å²) in [6.07, 6.45) is 1.77. The van der Waals surface area contributed by atoms with Crippen molar-refractivity contribution in [1.82, 2.24) is 4.98 Å². The van der Waals surface area contributed by atoms with Gasteiger partial charge in [-0.05, 0) is 62.5 Å². The standard InChI is InChI=1S/C15H15Br2N3O/c1-9-3-4-12(20-10(2)21)6-14(9)19-8-15-13(17)5-11(16)7-18-15/h3-7,19H,8H2,1-2H3,(H,20,21). The molecule has 0 aliphatic rings. The molecule has 0 aliphatic carbocycles. The minimum Gasteiger partial charge on any atom is -0.379 e. The first-order chi connectivity index (χ1) is 9.95. The number of carbonyl (C=O) groups excluding carboxylic acids is 1. The van der Waals surface area contributed by atoms with Crippen LogP contribution < -0.4 is 10.6 Å². The highest BCUT2D eigenvalue weighted by atomic mass is 79.9. The van der Waals surface area contributed by atoms with E-state index in [4.69, 9.17) is 0 Å². The summed E-state index contributed by atoms with van der Waals surface area (Å²) in [6.45, 7) is 4.11. The fraction of sp³-hybridized carbons (Fsp3) is 0.200. The molecule has 1 aromatic carbocycles. The Morgan fingerprint density at radius 2 is 2.05 bits per heavy atom. The van der Waals surface area contributed by atoms with Crippen LogP contribution in [-0.4, -0.2) is 10.9 Å². The molecule has 2 aromatic rings. The lowest BCUT2D eigenvalue weighted by Gasteiger charge is -2.12. The zero-order chi connectivity index (χ0) is 15.4. The van der Waals surface area contributed by atoms with E-state index in [9.17, 15) is 4.79 Å². The lowest BCUT2D eigenvalue weighted by molar-refractivity contribution is -0.114. The van der Waals surface area contributed by atoms with E-state index in [0.717, 1.165) is 31.6 Å². The summed E-state index contributed by atoms with van der Waals surface area (Å²) in [5, 5.41) is 6.12. The number of nitrogens with zero attached hydrogens (tertiary/aromatic N) is 1. The van der Waals surface area contributed by atoms with Gasteiger partial charge in [-0.2, -0.15) is 0 Å². The summed E-state index contributed by atoms with van der Waals surface area (Å²) in [7, 11) is 0. The first-order valence-corrected chi connectivity index (χ1v) is 7.96. The van der Waals surface area contributed by atoms with Gasteiger partial charge >= 0.3 is 0 Å². The van der Waals surface area contributed by atoms with Gasteiger partial charge in [0.05, 0.1) is 12.2 Å². The van der Waals surface area contributed by atoms with Crippen LogP contribution in [0.3, 0.4) is 0 Å². The molecule has 0 radical (unpaired) electrons. The number of aromatic nitrogens is 1. The van der Waals surface area contributed by atoms with Crippen LogP contribution in [0.2, 0.25) is 0 Å². The van der Waals surface area contributed by atoms with Crippen molar-refractivity contribution < 1.29 is 4.79 Å². The second-order valence-electron chi connectivity index (χ2n) is 4.65. The molecule has 0 unspecified atom stereocenters. The molecule has 1 amide bonds. The highest BCUT2D eigenvalue weighted by Crippen LogP contribution is 2.23. The average Bonchev–Trinajstić information content (AvgIpc) is 2.40. The molecule has 0 saturated heterocycles. The number of benzene rings is 1. The van der Waals surface area contributed by atoms with E-state index < -0.39 is 0 Å². The number of anilines is 2. The molecule has 2 rings (SSSR count). The Morgan fingerprint density at radius 1 is 1.29 bits per heavy atom. The Kier molecular flexibility index (Phi) is 5.36. The van der Waals surface area contributed by atoms with Crippen molar-refractivity contribution in [3.63, 3.8) is 0 Å². The third-order valence-electron chi connectivity index (χ3n) is 2.89. The normalized spacial score (nSPS) is 10.3. The molecule has 0 atom stereocenters. The van der Waals surface area contributed by atoms with Gasteiger partial charge in [-0.25, -0.2) is 0 Å². The van der Waals surface area contributed by atoms with Gasteiger partial charge in [0, 0.05) is 33.4 Å². The molecular formula is C15H15Br2N3O. The van der Waals surface area contributed by atoms with Gasteiger partial charge in [0.25, 0.3) is 0 Å². The SMILES string of the molecule is CC(=O)Nc1ccc(C)c(NCc2ncc(Br)cc2Br)c1. The molecule has 0 aliphatic heterocycles. The fourth-order valence-corrected chi connectivity index (χ4v) is 2.97. The van der Waals surface area contributed by atoms with E-state index in [1.54, 1.807) is 6.20 Å². The fourth-order valence-electron chi connectivity index (χ4n) is 1.85. The molecule has 6 heteroatoms. The number of halogens is 2. The van der Waals surface area contributed by atoms with Crippen molar-refractivity contribution in [3.05, 3.63) is 50.7 Å². The van der Waals surface area contributed by atoms with Crippen LogP contribution in [0.5, 0.6) is 0 Å². The topological polar surface area (TPSA) is 54.0 Å². The van der Waals surface area contributed by atoms with E-state index in [2.05, 4.69) is 47.5 Å². The number of rotatable bonds is 4. The van der Waals surface area contributed by atoms with Gasteiger partial charge in [-0.15, -0.1) is 0 Å². The lowest BCUT2D eigenvalue weighted by Crippen LogP contribution is -2.08. The van der Waals surface area contributed by atoms with Crippen LogP contribution in [0, 0.1) is 6.92 Å². The van der Waals surface area contributed by atoms with Crippen molar-refractivity contribution >= 4 is 49.1 Å². The van der Waals surface area contributed by atoms with E-state index in [0.29, 0.717) is 6.54 Å². The van der Waals surface area contributed by atoms with Gasteiger partial charge in [-0.1, -0.05) is 6.07 Å². The van der Waals surface area contributed by atoms with Crippen molar-refractivity contribution in [1.29, 1.82) is 0 Å². The molecule has 21 heavy (non-hydrogen) atoms.